The van der Waals surface area contributed by atoms with Gasteiger partial charge in [0.1, 0.15) is 24.5 Å². The van der Waals surface area contributed by atoms with Crippen molar-refractivity contribution in [3.8, 4) is 16.9 Å². The van der Waals surface area contributed by atoms with Crippen LogP contribution in [0.5, 0.6) is 5.75 Å². The molecule has 1 saturated heterocycles. The van der Waals surface area contributed by atoms with Gasteiger partial charge >= 0.3 is 11.9 Å². The SMILES string of the molecule is CO[C@H]1CNC[C@H]1Oc1c(C)cc(Cl)cc1-c1ccnc2cc(Cn3c(=O)ccn(CC(F)(F)F)c3=O)sc12. The van der Waals surface area contributed by atoms with Gasteiger partial charge in [-0.3, -0.25) is 18.9 Å². The van der Waals surface area contributed by atoms with Crippen LogP contribution in [0.25, 0.3) is 21.3 Å². The second-order valence-electron chi connectivity index (χ2n) is 9.24. The lowest BCUT2D eigenvalue weighted by molar-refractivity contribution is -0.141. The average Bonchev–Trinajstić information content (AvgIpc) is 3.50. The zero-order valence-electron chi connectivity index (χ0n) is 20.9. The number of nitrogens with one attached hydrogen (secondary N) is 1. The quantitative estimate of drug-likeness (QED) is 0.352. The van der Waals surface area contributed by atoms with E-state index in [9.17, 15) is 22.8 Å². The maximum absolute atomic E-state index is 12.9. The van der Waals surface area contributed by atoms with Crippen LogP contribution in [0, 0.1) is 6.92 Å². The van der Waals surface area contributed by atoms with Crippen LogP contribution in [-0.2, 0) is 17.8 Å². The number of alkyl halides is 3. The Morgan fingerprint density at radius 2 is 1.92 bits per heavy atom. The van der Waals surface area contributed by atoms with Crippen LogP contribution in [0.2, 0.25) is 5.02 Å². The van der Waals surface area contributed by atoms with Crippen LogP contribution in [0.15, 0.2) is 52.3 Å². The fraction of sp³-hybridized carbons (Fsp3) is 0.346. The summed E-state index contributed by atoms with van der Waals surface area (Å²) in [4.78, 5) is 30.1. The normalized spacial score (nSPS) is 17.7. The molecule has 2 atom stereocenters. The summed E-state index contributed by atoms with van der Waals surface area (Å²) >= 11 is 7.73. The zero-order chi connectivity index (χ0) is 27.9. The molecule has 0 radical (unpaired) electrons. The number of halogens is 4. The Kier molecular flexibility index (Phi) is 7.55. The Morgan fingerprint density at radius 1 is 1.15 bits per heavy atom. The smallest absolute Gasteiger partial charge is 0.406 e. The lowest BCUT2D eigenvalue weighted by Crippen LogP contribution is -2.41. The van der Waals surface area contributed by atoms with E-state index in [1.54, 1.807) is 25.4 Å². The summed E-state index contributed by atoms with van der Waals surface area (Å²) in [6.07, 6.45) is -2.45. The first-order valence-electron chi connectivity index (χ1n) is 12.0. The standard InChI is InChI=1S/C26H24ClF3N4O4S/c1-14-7-15(27)8-18(23(14)38-21-11-31-10-20(21)37-2)17-3-5-32-19-9-16(39-24(17)19)12-34-22(35)4-6-33(25(34)36)13-26(28,29)30/h3-9,20-21,31H,10-13H2,1-2H3/t20-,21+/m0/s1. The number of aromatic nitrogens is 3. The van der Waals surface area contributed by atoms with Crippen LogP contribution in [-0.4, -0.2) is 52.7 Å². The van der Waals surface area contributed by atoms with Gasteiger partial charge in [-0.2, -0.15) is 13.2 Å². The van der Waals surface area contributed by atoms with Gasteiger partial charge in [-0.1, -0.05) is 11.6 Å². The molecule has 13 heteroatoms. The van der Waals surface area contributed by atoms with E-state index in [1.165, 1.54) is 11.3 Å². The minimum absolute atomic E-state index is 0.121. The molecule has 1 aliphatic heterocycles. The number of hydrogen-bond acceptors (Lipinski definition) is 7. The maximum atomic E-state index is 12.9. The molecule has 1 fully saturated rings. The van der Waals surface area contributed by atoms with Gasteiger partial charge in [0.05, 0.1) is 16.8 Å². The first kappa shape index (κ1) is 27.4. The van der Waals surface area contributed by atoms with Crippen molar-refractivity contribution in [2.24, 2.45) is 0 Å². The third-order valence-corrected chi connectivity index (χ3v) is 7.83. The molecule has 206 valence electrons. The lowest BCUT2D eigenvalue weighted by Gasteiger charge is -2.23. The van der Waals surface area contributed by atoms with Crippen molar-refractivity contribution in [2.45, 2.75) is 38.4 Å². The molecule has 5 rings (SSSR count). The molecule has 0 amide bonds. The number of aryl methyl sites for hydroxylation is 1. The van der Waals surface area contributed by atoms with Gasteiger partial charge in [0.15, 0.2) is 0 Å². The van der Waals surface area contributed by atoms with Gasteiger partial charge in [-0.25, -0.2) is 4.79 Å². The van der Waals surface area contributed by atoms with Gasteiger partial charge in [-0.15, -0.1) is 11.3 Å². The van der Waals surface area contributed by atoms with E-state index in [-0.39, 0.29) is 18.8 Å². The predicted molar refractivity (Wildman–Crippen MR) is 143 cm³/mol. The Balaban J connectivity index is 1.56. The topological polar surface area (TPSA) is 87.4 Å². The van der Waals surface area contributed by atoms with Gasteiger partial charge in [0, 0.05) is 59.7 Å². The number of thiophene rings is 1. The summed E-state index contributed by atoms with van der Waals surface area (Å²) in [6, 6.07) is 8.12. The van der Waals surface area contributed by atoms with Crippen LogP contribution in [0.4, 0.5) is 13.2 Å². The van der Waals surface area contributed by atoms with E-state index in [2.05, 4.69) is 10.3 Å². The molecule has 1 aromatic carbocycles. The number of pyridine rings is 1. The van der Waals surface area contributed by atoms with Crippen LogP contribution in [0.1, 0.15) is 10.4 Å². The van der Waals surface area contributed by atoms with Gasteiger partial charge in [0.25, 0.3) is 5.56 Å². The Hall–Kier alpha value is -3.19. The summed E-state index contributed by atoms with van der Waals surface area (Å²) in [5.41, 5.74) is 1.24. The van der Waals surface area contributed by atoms with Crippen LogP contribution in [0.3, 0.4) is 0 Å². The molecule has 1 N–H and O–H groups in total. The number of rotatable bonds is 7. The Morgan fingerprint density at radius 3 is 2.67 bits per heavy atom. The fourth-order valence-corrected chi connectivity index (χ4v) is 6.07. The fourth-order valence-electron chi connectivity index (χ4n) is 4.67. The molecule has 0 bridgehead atoms. The minimum atomic E-state index is -4.60. The number of ether oxygens (including phenoxy) is 2. The number of benzene rings is 1. The first-order valence-corrected chi connectivity index (χ1v) is 13.2. The van der Waals surface area contributed by atoms with E-state index in [4.69, 9.17) is 21.1 Å². The molecule has 8 nitrogen and oxygen atoms in total. The largest absolute Gasteiger partial charge is 0.485 e. The van der Waals surface area contributed by atoms with Gasteiger partial charge in [-0.05, 0) is 36.8 Å². The zero-order valence-corrected chi connectivity index (χ0v) is 22.5. The molecule has 4 heterocycles. The second-order valence-corrected chi connectivity index (χ2v) is 10.8. The molecule has 3 aromatic heterocycles. The van der Waals surface area contributed by atoms with E-state index < -0.39 is 24.0 Å². The van der Waals surface area contributed by atoms with E-state index in [1.807, 2.05) is 19.1 Å². The Labute approximate surface area is 229 Å². The average molecular weight is 581 g/mol. The maximum Gasteiger partial charge on any atom is 0.406 e. The van der Waals surface area contributed by atoms with E-state index in [0.29, 0.717) is 38.8 Å². The minimum Gasteiger partial charge on any atom is -0.485 e. The summed E-state index contributed by atoms with van der Waals surface area (Å²) < 4.78 is 52.7. The lowest BCUT2D eigenvalue weighted by atomic mass is 10.0. The van der Waals surface area contributed by atoms with Crippen molar-refractivity contribution < 1.29 is 22.6 Å². The summed E-state index contributed by atoms with van der Waals surface area (Å²) in [5, 5.41) is 3.78. The number of fused-ring (bicyclic) bond motifs is 1. The molecule has 1 aliphatic rings. The highest BCUT2D eigenvalue weighted by atomic mass is 35.5. The van der Waals surface area contributed by atoms with Crippen molar-refractivity contribution in [3.63, 3.8) is 0 Å². The van der Waals surface area contributed by atoms with Gasteiger partial charge in [0.2, 0.25) is 0 Å². The third kappa shape index (κ3) is 5.74. The number of methoxy groups -OCH3 is 1. The molecule has 0 saturated carbocycles. The summed E-state index contributed by atoms with van der Waals surface area (Å²) in [7, 11) is 1.64. The third-order valence-electron chi connectivity index (χ3n) is 6.47. The van der Waals surface area contributed by atoms with Crippen LogP contribution >= 0.6 is 22.9 Å². The van der Waals surface area contributed by atoms with Gasteiger partial charge < -0.3 is 14.8 Å². The van der Waals surface area contributed by atoms with E-state index >= 15 is 0 Å². The van der Waals surface area contributed by atoms with Crippen molar-refractivity contribution in [1.82, 2.24) is 19.4 Å². The summed E-state index contributed by atoms with van der Waals surface area (Å²) in [6.45, 7) is 1.51. The van der Waals surface area contributed by atoms with Crippen molar-refractivity contribution >= 4 is 33.2 Å². The second kappa shape index (κ2) is 10.8. The number of hydrogen-bond donors (Lipinski definition) is 1. The molecule has 39 heavy (non-hydrogen) atoms. The molecular formula is C26H24ClF3N4O4S. The molecule has 0 unspecified atom stereocenters. The highest BCUT2D eigenvalue weighted by Crippen LogP contribution is 2.42. The molecule has 4 aromatic rings. The first-order chi connectivity index (χ1) is 18.5. The highest BCUT2D eigenvalue weighted by molar-refractivity contribution is 7.19. The predicted octanol–water partition coefficient (Wildman–Crippen LogP) is 4.22. The van der Waals surface area contributed by atoms with Crippen molar-refractivity contribution in [3.05, 3.63) is 79.0 Å². The highest BCUT2D eigenvalue weighted by Gasteiger charge is 2.31. The van der Waals surface area contributed by atoms with E-state index in [0.717, 1.165) is 38.2 Å². The molecule has 0 aliphatic carbocycles. The molecule has 0 spiro atoms. The van der Waals surface area contributed by atoms with Crippen molar-refractivity contribution in [2.75, 3.05) is 20.2 Å². The number of nitrogens with zero attached hydrogens (tertiary/aromatic N) is 3. The molecular weight excluding hydrogens is 557 g/mol. The monoisotopic (exact) mass is 580 g/mol. The van der Waals surface area contributed by atoms with Crippen LogP contribution < -0.4 is 21.3 Å². The van der Waals surface area contributed by atoms with Crippen molar-refractivity contribution in [1.29, 1.82) is 0 Å². The summed E-state index contributed by atoms with van der Waals surface area (Å²) in [5.74, 6) is 0.645. The Bertz CT molecular complexity index is 1650.